The van der Waals surface area contributed by atoms with Crippen LogP contribution in [0.5, 0.6) is 5.75 Å². The summed E-state index contributed by atoms with van der Waals surface area (Å²) in [5.41, 5.74) is 5.69. The van der Waals surface area contributed by atoms with Gasteiger partial charge in [0.05, 0.1) is 4.47 Å². The number of hydrogen-bond donors (Lipinski definition) is 1. The maximum absolute atomic E-state index is 11.1. The van der Waals surface area contributed by atoms with Crippen LogP contribution >= 0.6 is 15.9 Å². The highest BCUT2D eigenvalue weighted by Gasteiger charge is 2.08. The van der Waals surface area contributed by atoms with Crippen molar-refractivity contribution >= 4 is 32.6 Å². The molecule has 0 atom stereocenters. The van der Waals surface area contributed by atoms with Crippen LogP contribution in [0.2, 0.25) is 0 Å². The molecule has 0 bridgehead atoms. The van der Waals surface area contributed by atoms with Crippen LogP contribution in [0.15, 0.2) is 34.8 Å². The molecule has 0 unspecified atom stereocenters. The molecular formula is C13H9BrN2O2. The van der Waals surface area contributed by atoms with Crippen LogP contribution in [0.25, 0.3) is 10.8 Å². The maximum atomic E-state index is 11.1. The predicted octanol–water partition coefficient (Wildman–Crippen LogP) is 2.60. The van der Waals surface area contributed by atoms with Gasteiger partial charge in [-0.3, -0.25) is 4.79 Å². The summed E-state index contributed by atoms with van der Waals surface area (Å²) < 4.78 is 6.03. The molecular weight excluding hydrogens is 296 g/mol. The minimum absolute atomic E-state index is 0.0104. The van der Waals surface area contributed by atoms with Crippen LogP contribution in [0.3, 0.4) is 0 Å². The SMILES string of the molecule is N#CCOc1ccc2cc(C(N)=O)ccc2c1Br. The number of amides is 1. The number of fused-ring (bicyclic) bond motifs is 1. The molecule has 0 aliphatic heterocycles. The summed E-state index contributed by atoms with van der Waals surface area (Å²) in [5, 5.41) is 10.3. The number of carbonyl (C=O) groups is 1. The largest absolute Gasteiger partial charge is 0.478 e. The lowest BCUT2D eigenvalue weighted by Gasteiger charge is -2.08. The third kappa shape index (κ3) is 2.29. The van der Waals surface area contributed by atoms with Gasteiger partial charge in [0.2, 0.25) is 5.91 Å². The van der Waals surface area contributed by atoms with E-state index in [9.17, 15) is 4.79 Å². The van der Waals surface area contributed by atoms with Crippen LogP contribution in [-0.2, 0) is 0 Å². The molecule has 2 aromatic rings. The number of nitriles is 1. The van der Waals surface area contributed by atoms with E-state index in [4.69, 9.17) is 15.7 Å². The maximum Gasteiger partial charge on any atom is 0.248 e. The molecule has 0 aromatic heterocycles. The minimum atomic E-state index is -0.460. The summed E-state index contributed by atoms with van der Waals surface area (Å²) in [6, 6.07) is 10.6. The van der Waals surface area contributed by atoms with Crippen molar-refractivity contribution in [2.75, 3.05) is 6.61 Å². The summed E-state index contributed by atoms with van der Waals surface area (Å²) in [6.07, 6.45) is 0. The van der Waals surface area contributed by atoms with E-state index >= 15 is 0 Å². The number of ether oxygens (including phenoxy) is 1. The van der Waals surface area contributed by atoms with Crippen LogP contribution in [0.1, 0.15) is 10.4 Å². The first-order valence-electron chi connectivity index (χ1n) is 5.15. The average molecular weight is 305 g/mol. The van der Waals surface area contributed by atoms with Gasteiger partial charge >= 0.3 is 0 Å². The van der Waals surface area contributed by atoms with Crippen LogP contribution < -0.4 is 10.5 Å². The molecule has 1 amide bonds. The molecule has 90 valence electrons. The molecule has 0 aliphatic rings. The molecule has 0 radical (unpaired) electrons. The van der Waals surface area contributed by atoms with Gasteiger partial charge in [0.1, 0.15) is 11.8 Å². The van der Waals surface area contributed by atoms with E-state index in [0.29, 0.717) is 11.3 Å². The summed E-state index contributed by atoms with van der Waals surface area (Å²) in [6.45, 7) is -0.0104. The Balaban J connectivity index is 2.52. The molecule has 0 heterocycles. The van der Waals surface area contributed by atoms with Crippen molar-refractivity contribution in [2.24, 2.45) is 5.73 Å². The number of nitrogens with zero attached hydrogens (tertiary/aromatic N) is 1. The number of hydrogen-bond acceptors (Lipinski definition) is 3. The fourth-order valence-electron chi connectivity index (χ4n) is 1.65. The normalized spacial score (nSPS) is 10.0. The van der Waals surface area contributed by atoms with Crippen molar-refractivity contribution in [1.82, 2.24) is 0 Å². The molecule has 0 spiro atoms. The fraction of sp³-hybridized carbons (Fsp3) is 0.0769. The lowest BCUT2D eigenvalue weighted by Crippen LogP contribution is -2.10. The predicted molar refractivity (Wildman–Crippen MR) is 71.3 cm³/mol. The van der Waals surface area contributed by atoms with E-state index in [1.54, 1.807) is 24.3 Å². The zero-order valence-electron chi connectivity index (χ0n) is 9.31. The van der Waals surface area contributed by atoms with Gasteiger partial charge in [-0.25, -0.2) is 0 Å². The second-order valence-electron chi connectivity index (χ2n) is 3.62. The Kier molecular flexibility index (Phi) is 3.49. The molecule has 2 rings (SSSR count). The van der Waals surface area contributed by atoms with E-state index in [1.165, 1.54) is 0 Å². The Bertz CT molecular complexity index is 662. The van der Waals surface area contributed by atoms with E-state index in [1.807, 2.05) is 12.1 Å². The minimum Gasteiger partial charge on any atom is -0.478 e. The number of halogens is 1. The van der Waals surface area contributed by atoms with Crippen molar-refractivity contribution in [3.05, 3.63) is 40.4 Å². The van der Waals surface area contributed by atoms with Crippen molar-refractivity contribution in [2.45, 2.75) is 0 Å². The topological polar surface area (TPSA) is 76.1 Å². The molecule has 2 aromatic carbocycles. The van der Waals surface area contributed by atoms with Crippen molar-refractivity contribution in [1.29, 1.82) is 5.26 Å². The standard InChI is InChI=1S/C13H9BrN2O2/c14-12-10-3-1-9(13(16)17)7-8(10)2-4-11(12)18-6-5-15/h1-4,7H,6H2,(H2,16,17). The molecule has 0 saturated heterocycles. The van der Waals surface area contributed by atoms with Crippen LogP contribution in [0.4, 0.5) is 0 Å². The van der Waals surface area contributed by atoms with E-state index < -0.39 is 5.91 Å². The lowest BCUT2D eigenvalue weighted by molar-refractivity contribution is 0.100. The summed E-state index contributed by atoms with van der Waals surface area (Å²) in [4.78, 5) is 11.1. The Labute approximate surface area is 112 Å². The first-order valence-corrected chi connectivity index (χ1v) is 5.94. The van der Waals surface area contributed by atoms with Gasteiger partial charge < -0.3 is 10.5 Å². The highest BCUT2D eigenvalue weighted by molar-refractivity contribution is 9.10. The molecule has 18 heavy (non-hydrogen) atoms. The summed E-state index contributed by atoms with van der Waals surface area (Å²) >= 11 is 3.42. The first-order chi connectivity index (χ1) is 8.63. The van der Waals surface area contributed by atoms with Gasteiger partial charge in [-0.15, -0.1) is 0 Å². The Morgan fingerprint density at radius 3 is 2.83 bits per heavy atom. The van der Waals surface area contributed by atoms with Crippen LogP contribution in [-0.4, -0.2) is 12.5 Å². The van der Waals surface area contributed by atoms with Crippen LogP contribution in [0, 0.1) is 11.3 Å². The average Bonchev–Trinajstić information content (AvgIpc) is 2.37. The zero-order valence-corrected chi connectivity index (χ0v) is 10.9. The molecule has 5 heteroatoms. The van der Waals surface area contributed by atoms with Gasteiger partial charge in [0, 0.05) is 5.56 Å². The Morgan fingerprint density at radius 1 is 1.39 bits per heavy atom. The second-order valence-corrected chi connectivity index (χ2v) is 4.42. The highest BCUT2D eigenvalue weighted by Crippen LogP contribution is 2.33. The quantitative estimate of drug-likeness (QED) is 0.947. The Hall–Kier alpha value is -2.06. The number of rotatable bonds is 3. The summed E-state index contributed by atoms with van der Waals surface area (Å²) in [7, 11) is 0. The monoisotopic (exact) mass is 304 g/mol. The number of carbonyl (C=O) groups excluding carboxylic acids is 1. The number of primary amides is 1. The lowest BCUT2D eigenvalue weighted by atomic mass is 10.1. The van der Waals surface area contributed by atoms with Gasteiger partial charge in [-0.2, -0.15) is 5.26 Å². The molecule has 4 nitrogen and oxygen atoms in total. The van der Waals surface area contributed by atoms with Crippen molar-refractivity contribution in [3.8, 4) is 11.8 Å². The molecule has 2 N–H and O–H groups in total. The second kappa shape index (κ2) is 5.07. The third-order valence-electron chi connectivity index (χ3n) is 2.50. The molecule has 0 fully saturated rings. The van der Waals surface area contributed by atoms with Crippen molar-refractivity contribution < 1.29 is 9.53 Å². The van der Waals surface area contributed by atoms with Crippen molar-refractivity contribution in [3.63, 3.8) is 0 Å². The van der Waals surface area contributed by atoms with Gasteiger partial charge in [-0.05, 0) is 44.9 Å². The smallest absolute Gasteiger partial charge is 0.248 e. The molecule has 0 saturated carbocycles. The zero-order chi connectivity index (χ0) is 13.1. The Morgan fingerprint density at radius 2 is 2.17 bits per heavy atom. The van der Waals surface area contributed by atoms with Gasteiger partial charge in [-0.1, -0.05) is 12.1 Å². The van der Waals surface area contributed by atoms with Gasteiger partial charge in [0.15, 0.2) is 6.61 Å². The third-order valence-corrected chi connectivity index (χ3v) is 3.31. The molecule has 0 aliphatic carbocycles. The highest BCUT2D eigenvalue weighted by atomic mass is 79.9. The van der Waals surface area contributed by atoms with E-state index in [-0.39, 0.29) is 6.61 Å². The first kappa shape index (κ1) is 12.4. The summed E-state index contributed by atoms with van der Waals surface area (Å²) in [5.74, 6) is 0.133. The number of nitrogens with two attached hydrogens (primary N) is 1. The van der Waals surface area contributed by atoms with E-state index in [2.05, 4.69) is 15.9 Å². The van der Waals surface area contributed by atoms with E-state index in [0.717, 1.165) is 15.2 Å². The number of benzene rings is 2. The van der Waals surface area contributed by atoms with Gasteiger partial charge in [0.25, 0.3) is 0 Å². The fourth-order valence-corrected chi connectivity index (χ4v) is 2.25.